The third-order valence-electron chi connectivity index (χ3n) is 5.01. The number of nitrogens with one attached hydrogen (secondary N) is 1. The van der Waals surface area contributed by atoms with E-state index in [2.05, 4.69) is 9.82 Å². The second-order valence-corrected chi connectivity index (χ2v) is 9.35. The summed E-state index contributed by atoms with van der Waals surface area (Å²) in [6.45, 7) is -0.247. The van der Waals surface area contributed by atoms with Crippen molar-refractivity contribution in [2.45, 2.75) is 36.7 Å². The van der Waals surface area contributed by atoms with E-state index in [9.17, 15) is 13.2 Å². The maximum atomic E-state index is 12.9. The van der Waals surface area contributed by atoms with Gasteiger partial charge in [0.1, 0.15) is 18.0 Å². The number of ether oxygens (including phenoxy) is 1. The van der Waals surface area contributed by atoms with Gasteiger partial charge in [-0.3, -0.25) is 9.48 Å². The molecule has 0 saturated carbocycles. The van der Waals surface area contributed by atoms with Crippen molar-refractivity contribution in [3.8, 4) is 11.5 Å². The summed E-state index contributed by atoms with van der Waals surface area (Å²) in [7, 11) is -3.79. The first-order valence-corrected chi connectivity index (χ1v) is 11.5. The molecule has 4 rings (SSSR count). The Hall–Kier alpha value is -2.88. The van der Waals surface area contributed by atoms with Crippen LogP contribution in [0.5, 0.6) is 11.5 Å². The maximum Gasteiger partial charge on any atom is 0.325 e. The van der Waals surface area contributed by atoms with Gasteiger partial charge in [-0.05, 0) is 61.7 Å². The lowest BCUT2D eigenvalue weighted by atomic mass is 9.94. The Morgan fingerprint density at radius 1 is 1.23 bits per heavy atom. The highest BCUT2D eigenvalue weighted by Crippen LogP contribution is 2.31. The highest BCUT2D eigenvalue weighted by molar-refractivity contribution is 7.89. The Morgan fingerprint density at radius 2 is 2.00 bits per heavy atom. The van der Waals surface area contributed by atoms with Gasteiger partial charge in [-0.1, -0.05) is 17.7 Å². The van der Waals surface area contributed by atoms with Gasteiger partial charge in [0.05, 0.1) is 17.1 Å². The molecule has 10 heteroatoms. The van der Waals surface area contributed by atoms with E-state index in [0.717, 1.165) is 17.7 Å². The molecule has 1 heterocycles. The molecule has 1 aliphatic carbocycles. The average molecular weight is 462 g/mol. The van der Waals surface area contributed by atoms with Crippen molar-refractivity contribution in [1.82, 2.24) is 14.5 Å². The normalized spacial score (nSPS) is 16.0. The SMILES string of the molecule is O=C(O)Cn1ncc2c1CCCC2NS(=O)(=O)c1ccc(Oc2cccc(Cl)c2)cc1. The number of carboxylic acid groups (broad SMARTS) is 1. The van der Waals surface area contributed by atoms with Crippen molar-refractivity contribution in [3.05, 3.63) is 71.0 Å². The number of aliphatic carboxylic acids is 1. The number of sulfonamides is 1. The zero-order valence-corrected chi connectivity index (χ0v) is 17.9. The van der Waals surface area contributed by atoms with Crippen LogP contribution in [0.2, 0.25) is 5.02 Å². The Labute approximate surface area is 184 Å². The molecule has 0 amide bonds. The molecular weight excluding hydrogens is 442 g/mol. The molecular formula is C21H20ClN3O5S. The van der Waals surface area contributed by atoms with Gasteiger partial charge < -0.3 is 9.84 Å². The Morgan fingerprint density at radius 3 is 2.71 bits per heavy atom. The lowest BCUT2D eigenvalue weighted by molar-refractivity contribution is -0.137. The highest BCUT2D eigenvalue weighted by Gasteiger charge is 2.29. The molecule has 2 N–H and O–H groups in total. The predicted molar refractivity (Wildman–Crippen MR) is 114 cm³/mol. The smallest absolute Gasteiger partial charge is 0.325 e. The van der Waals surface area contributed by atoms with Gasteiger partial charge in [-0.25, -0.2) is 13.1 Å². The summed E-state index contributed by atoms with van der Waals surface area (Å²) in [6.07, 6.45) is 3.56. The van der Waals surface area contributed by atoms with E-state index in [1.165, 1.54) is 16.8 Å². The second kappa shape index (κ2) is 8.70. The summed E-state index contributed by atoms with van der Waals surface area (Å²) in [6, 6.07) is 12.6. The van der Waals surface area contributed by atoms with E-state index < -0.39 is 22.0 Å². The van der Waals surface area contributed by atoms with Crippen LogP contribution in [0.4, 0.5) is 0 Å². The lowest BCUT2D eigenvalue weighted by Crippen LogP contribution is -2.31. The van der Waals surface area contributed by atoms with E-state index in [1.54, 1.807) is 42.6 Å². The molecule has 0 spiro atoms. The quantitative estimate of drug-likeness (QED) is 0.554. The highest BCUT2D eigenvalue weighted by atomic mass is 35.5. The summed E-state index contributed by atoms with van der Waals surface area (Å²) < 4.78 is 35.7. The van der Waals surface area contributed by atoms with Crippen LogP contribution in [0.15, 0.2) is 59.6 Å². The topological polar surface area (TPSA) is 111 Å². The lowest BCUT2D eigenvalue weighted by Gasteiger charge is -2.24. The zero-order valence-electron chi connectivity index (χ0n) is 16.4. The molecule has 0 bridgehead atoms. The molecule has 0 fully saturated rings. The van der Waals surface area contributed by atoms with Crippen LogP contribution in [-0.2, 0) is 27.8 Å². The minimum atomic E-state index is -3.79. The monoisotopic (exact) mass is 461 g/mol. The van der Waals surface area contributed by atoms with Gasteiger partial charge in [0.25, 0.3) is 0 Å². The third-order valence-corrected chi connectivity index (χ3v) is 6.73. The van der Waals surface area contributed by atoms with Gasteiger partial charge >= 0.3 is 5.97 Å². The van der Waals surface area contributed by atoms with Crippen LogP contribution < -0.4 is 9.46 Å². The zero-order chi connectivity index (χ0) is 22.0. The van der Waals surface area contributed by atoms with Gasteiger partial charge in [0.2, 0.25) is 10.0 Å². The predicted octanol–water partition coefficient (Wildman–Crippen LogP) is 3.77. The fourth-order valence-electron chi connectivity index (χ4n) is 3.61. The number of benzene rings is 2. The minimum absolute atomic E-state index is 0.107. The first kappa shape index (κ1) is 21.4. The maximum absolute atomic E-state index is 12.9. The average Bonchev–Trinajstić information content (AvgIpc) is 3.11. The van der Waals surface area contributed by atoms with Crippen molar-refractivity contribution in [2.24, 2.45) is 0 Å². The largest absolute Gasteiger partial charge is 0.480 e. The Balaban J connectivity index is 1.50. The van der Waals surface area contributed by atoms with Crippen LogP contribution >= 0.6 is 11.6 Å². The molecule has 8 nitrogen and oxygen atoms in total. The Kier molecular flexibility index (Phi) is 5.99. The van der Waals surface area contributed by atoms with Crippen LogP contribution in [0.25, 0.3) is 0 Å². The van der Waals surface area contributed by atoms with Crippen molar-refractivity contribution < 1.29 is 23.1 Å². The summed E-state index contributed by atoms with van der Waals surface area (Å²) in [4.78, 5) is 11.1. The van der Waals surface area contributed by atoms with E-state index in [1.807, 2.05) is 0 Å². The van der Waals surface area contributed by atoms with E-state index in [4.69, 9.17) is 21.4 Å². The fraction of sp³-hybridized carbons (Fsp3) is 0.238. The molecule has 31 heavy (non-hydrogen) atoms. The number of carboxylic acids is 1. The number of nitrogens with zero attached hydrogens (tertiary/aromatic N) is 2. The second-order valence-electron chi connectivity index (χ2n) is 7.19. The van der Waals surface area contributed by atoms with Crippen LogP contribution in [0, 0.1) is 0 Å². The van der Waals surface area contributed by atoms with Crippen LogP contribution in [-0.4, -0.2) is 29.3 Å². The Bertz CT molecular complexity index is 1210. The molecule has 1 aliphatic rings. The molecule has 1 unspecified atom stereocenters. The molecule has 1 aromatic heterocycles. The number of aromatic nitrogens is 2. The fourth-order valence-corrected chi connectivity index (χ4v) is 5.04. The number of hydrogen-bond donors (Lipinski definition) is 2. The van der Waals surface area contributed by atoms with Gasteiger partial charge in [0.15, 0.2) is 0 Å². The number of fused-ring (bicyclic) bond motifs is 1. The van der Waals surface area contributed by atoms with E-state index >= 15 is 0 Å². The molecule has 0 radical (unpaired) electrons. The molecule has 3 aromatic rings. The molecule has 0 aliphatic heterocycles. The molecule has 162 valence electrons. The van der Waals surface area contributed by atoms with E-state index in [-0.39, 0.29) is 11.4 Å². The van der Waals surface area contributed by atoms with Crippen LogP contribution in [0.3, 0.4) is 0 Å². The van der Waals surface area contributed by atoms with Crippen molar-refractivity contribution in [3.63, 3.8) is 0 Å². The summed E-state index contributed by atoms with van der Waals surface area (Å²) in [5, 5.41) is 13.7. The van der Waals surface area contributed by atoms with Gasteiger partial charge in [-0.2, -0.15) is 5.10 Å². The number of carbonyl (C=O) groups is 1. The van der Waals surface area contributed by atoms with Crippen LogP contribution in [0.1, 0.15) is 30.1 Å². The standard InChI is InChI=1S/C21H20ClN3O5S/c22-14-3-1-4-16(11-14)30-15-7-9-17(10-8-15)31(28,29)24-19-5-2-6-20-18(19)12-23-25(20)13-21(26)27/h1,3-4,7-12,19,24H,2,5-6,13H2,(H,26,27). The summed E-state index contributed by atoms with van der Waals surface area (Å²) in [5.74, 6) is 0.0409. The summed E-state index contributed by atoms with van der Waals surface area (Å²) in [5.41, 5.74) is 1.48. The number of hydrogen-bond acceptors (Lipinski definition) is 5. The van der Waals surface area contributed by atoms with Crippen molar-refractivity contribution in [2.75, 3.05) is 0 Å². The molecule has 2 aromatic carbocycles. The first-order valence-electron chi connectivity index (χ1n) is 9.64. The number of halogens is 1. The third kappa shape index (κ3) is 4.90. The van der Waals surface area contributed by atoms with Gasteiger partial charge in [0, 0.05) is 16.3 Å². The van der Waals surface area contributed by atoms with Crippen molar-refractivity contribution in [1.29, 1.82) is 0 Å². The number of rotatable bonds is 7. The summed E-state index contributed by atoms with van der Waals surface area (Å²) >= 11 is 5.95. The first-order chi connectivity index (χ1) is 14.8. The van der Waals surface area contributed by atoms with E-state index in [0.29, 0.717) is 29.4 Å². The molecule has 0 saturated heterocycles. The van der Waals surface area contributed by atoms with Gasteiger partial charge in [-0.15, -0.1) is 0 Å². The minimum Gasteiger partial charge on any atom is -0.480 e. The molecule has 1 atom stereocenters. The van der Waals surface area contributed by atoms with Crippen molar-refractivity contribution >= 4 is 27.6 Å².